The average Bonchev–Trinajstić information content (AvgIpc) is 3.49. The van der Waals surface area contributed by atoms with Crippen LogP contribution in [0.2, 0.25) is 0 Å². The van der Waals surface area contributed by atoms with Crippen LogP contribution in [0, 0.1) is 5.41 Å². The SMILES string of the molecule is CC(C)(C)OC=O.CSCCOCN1CCC(NC2=C(C(=N)N3CCCc4cc(-c5cnn(C)c5)c(C(F)F)cc43)CN(C)CC2)CC1=O. The molecule has 1 fully saturated rings. The Morgan fingerprint density at radius 1 is 1.20 bits per heavy atom. The highest BCUT2D eigenvalue weighted by Gasteiger charge is 2.32. The van der Waals surface area contributed by atoms with E-state index in [-0.39, 0.29) is 23.1 Å². The molecule has 1 aromatic carbocycles. The molecule has 11 nitrogen and oxygen atoms in total. The summed E-state index contributed by atoms with van der Waals surface area (Å²) in [6, 6.07) is 3.42. The summed E-state index contributed by atoms with van der Waals surface area (Å²) in [7, 11) is 3.80. The number of amides is 1. The Morgan fingerprint density at radius 2 is 1.98 bits per heavy atom. The summed E-state index contributed by atoms with van der Waals surface area (Å²) in [4.78, 5) is 28.3. The molecule has 3 aliphatic rings. The minimum Gasteiger partial charge on any atom is -0.462 e. The fourth-order valence-electron chi connectivity index (χ4n) is 6.16. The van der Waals surface area contributed by atoms with Crippen molar-refractivity contribution in [2.45, 2.75) is 70.9 Å². The maximum absolute atomic E-state index is 14.3. The van der Waals surface area contributed by atoms with Crippen LogP contribution in [-0.2, 0) is 32.5 Å². The van der Waals surface area contributed by atoms with Gasteiger partial charge in [-0.25, -0.2) is 8.78 Å². The summed E-state index contributed by atoms with van der Waals surface area (Å²) in [5.41, 5.74) is 4.29. The van der Waals surface area contributed by atoms with Gasteiger partial charge in [-0.3, -0.25) is 19.7 Å². The molecule has 2 aromatic rings. The number of anilines is 1. The number of alkyl halides is 2. The van der Waals surface area contributed by atoms with Gasteiger partial charge in [0, 0.05) is 92.1 Å². The molecule has 3 aliphatic heterocycles. The first-order chi connectivity index (χ1) is 23.3. The number of thioether (sulfide) groups is 1. The number of piperidine rings is 1. The van der Waals surface area contributed by atoms with E-state index in [0.29, 0.717) is 68.5 Å². The van der Waals surface area contributed by atoms with Crippen molar-refractivity contribution >= 4 is 35.7 Å². The van der Waals surface area contributed by atoms with Crippen molar-refractivity contribution in [3.05, 3.63) is 46.9 Å². The minimum absolute atomic E-state index is 0.0118. The molecule has 2 N–H and O–H groups in total. The van der Waals surface area contributed by atoms with Crippen LogP contribution in [0.3, 0.4) is 0 Å². The molecule has 0 saturated carbocycles. The molecule has 49 heavy (non-hydrogen) atoms. The second-order valence-electron chi connectivity index (χ2n) is 13.7. The number of likely N-dealkylation sites (N-methyl/N-ethyl adjacent to an activating group) is 1. The zero-order valence-corrected chi connectivity index (χ0v) is 30.4. The third kappa shape index (κ3) is 10.5. The van der Waals surface area contributed by atoms with Crippen LogP contribution < -0.4 is 10.2 Å². The number of halogens is 2. The second-order valence-corrected chi connectivity index (χ2v) is 14.7. The summed E-state index contributed by atoms with van der Waals surface area (Å²) in [5, 5.41) is 17.1. The summed E-state index contributed by atoms with van der Waals surface area (Å²) >= 11 is 1.72. The van der Waals surface area contributed by atoms with Gasteiger partial charge in [0.2, 0.25) is 5.91 Å². The van der Waals surface area contributed by atoms with Crippen molar-refractivity contribution in [2.24, 2.45) is 7.05 Å². The summed E-state index contributed by atoms with van der Waals surface area (Å²) in [5.74, 6) is 1.31. The van der Waals surface area contributed by atoms with Gasteiger partial charge in [-0.1, -0.05) is 0 Å². The minimum atomic E-state index is -2.65. The predicted molar refractivity (Wildman–Crippen MR) is 190 cm³/mol. The van der Waals surface area contributed by atoms with Crippen molar-refractivity contribution in [1.82, 2.24) is 24.9 Å². The summed E-state index contributed by atoms with van der Waals surface area (Å²) in [6.45, 7) is 9.52. The predicted octanol–water partition coefficient (Wildman–Crippen LogP) is 5.22. The monoisotopic (exact) mass is 703 g/mol. The van der Waals surface area contributed by atoms with Crippen LogP contribution in [-0.4, -0.2) is 108 Å². The standard InChI is InChI=1S/C30H41F2N7O2S.C5H10O2/c1-36-9-7-26(35-22-6-10-38(28(40)14-22)19-41-11-12-42-3)25(18-36)30(33)39-8-4-5-20-13-23(21-16-34-37(2)17-21)24(29(31)32)15-27(20)39;1-5(2,3)7-4-6/h13,15-17,22,29,33,35H,4-12,14,18-19H2,1-3H3;4H,1-3H3. The highest BCUT2D eigenvalue weighted by molar-refractivity contribution is 7.98. The van der Waals surface area contributed by atoms with E-state index < -0.39 is 6.43 Å². The van der Waals surface area contributed by atoms with Crippen molar-refractivity contribution in [3.63, 3.8) is 0 Å². The highest BCUT2D eigenvalue weighted by atomic mass is 32.2. The summed E-state index contributed by atoms with van der Waals surface area (Å²) < 4.78 is 40.5. The van der Waals surface area contributed by atoms with Gasteiger partial charge in [0.15, 0.2) is 0 Å². The maximum atomic E-state index is 14.3. The van der Waals surface area contributed by atoms with Crippen LogP contribution in [0.1, 0.15) is 64.0 Å². The number of likely N-dealkylation sites (tertiary alicyclic amines) is 1. The first-order valence-corrected chi connectivity index (χ1v) is 18.1. The van der Waals surface area contributed by atoms with E-state index in [2.05, 4.69) is 20.1 Å². The van der Waals surface area contributed by atoms with E-state index >= 15 is 0 Å². The number of aryl methyl sites for hydroxylation is 2. The fourth-order valence-corrected chi connectivity index (χ4v) is 6.44. The Morgan fingerprint density at radius 3 is 2.59 bits per heavy atom. The Hall–Kier alpha value is -3.49. The molecular formula is C35H51F2N7O4S. The Balaban J connectivity index is 0.000000698. The molecule has 1 amide bonds. The van der Waals surface area contributed by atoms with Crippen LogP contribution in [0.5, 0.6) is 0 Å². The van der Waals surface area contributed by atoms with Gasteiger partial charge in [-0.05, 0) is 76.6 Å². The van der Waals surface area contributed by atoms with Gasteiger partial charge >= 0.3 is 0 Å². The number of aromatic nitrogens is 2. The quantitative estimate of drug-likeness (QED) is 0.141. The second kappa shape index (κ2) is 17.4. The number of fused-ring (bicyclic) bond motifs is 1. The molecule has 4 heterocycles. The number of nitrogens with zero attached hydrogens (tertiary/aromatic N) is 5. The maximum Gasteiger partial charge on any atom is 0.293 e. The van der Waals surface area contributed by atoms with E-state index in [9.17, 15) is 23.8 Å². The van der Waals surface area contributed by atoms with Crippen molar-refractivity contribution < 1.29 is 27.8 Å². The third-order valence-electron chi connectivity index (χ3n) is 8.69. The molecule has 5 rings (SSSR count). The number of hydrogen-bond acceptors (Lipinski definition) is 9. The van der Waals surface area contributed by atoms with Gasteiger partial charge in [-0.2, -0.15) is 16.9 Å². The van der Waals surface area contributed by atoms with Gasteiger partial charge in [-0.15, -0.1) is 0 Å². The molecule has 1 atom stereocenters. The van der Waals surface area contributed by atoms with Gasteiger partial charge in [0.05, 0.1) is 12.8 Å². The van der Waals surface area contributed by atoms with E-state index in [1.54, 1.807) is 46.9 Å². The molecule has 270 valence electrons. The topological polar surface area (TPSA) is 116 Å². The molecular weight excluding hydrogens is 652 g/mol. The zero-order valence-electron chi connectivity index (χ0n) is 29.6. The lowest BCUT2D eigenvalue weighted by Crippen LogP contribution is -2.48. The van der Waals surface area contributed by atoms with Crippen LogP contribution in [0.15, 0.2) is 35.8 Å². The van der Waals surface area contributed by atoms with Crippen molar-refractivity contribution in [1.29, 1.82) is 5.41 Å². The van der Waals surface area contributed by atoms with Crippen LogP contribution >= 0.6 is 11.8 Å². The molecule has 0 bridgehead atoms. The van der Waals surface area contributed by atoms with E-state index in [0.717, 1.165) is 54.8 Å². The van der Waals surface area contributed by atoms with E-state index in [1.807, 2.05) is 45.0 Å². The van der Waals surface area contributed by atoms with Gasteiger partial charge in [0.1, 0.15) is 18.2 Å². The summed E-state index contributed by atoms with van der Waals surface area (Å²) in [6.07, 6.45) is 6.27. The van der Waals surface area contributed by atoms with Crippen LogP contribution in [0.25, 0.3) is 11.1 Å². The number of carbonyl (C=O) groups excluding carboxylic acids is 2. The van der Waals surface area contributed by atoms with Gasteiger partial charge < -0.3 is 29.5 Å². The molecule has 0 radical (unpaired) electrons. The smallest absolute Gasteiger partial charge is 0.293 e. The van der Waals surface area contributed by atoms with Crippen molar-refractivity contribution in [2.75, 3.05) is 63.5 Å². The number of nitrogens with one attached hydrogen (secondary N) is 2. The third-order valence-corrected chi connectivity index (χ3v) is 9.27. The van der Waals surface area contributed by atoms with E-state index in [1.165, 1.54) is 0 Å². The van der Waals surface area contributed by atoms with Gasteiger partial charge in [0.25, 0.3) is 12.9 Å². The molecule has 0 spiro atoms. The zero-order chi connectivity index (χ0) is 35.7. The first-order valence-electron chi connectivity index (χ1n) is 16.7. The lowest BCUT2D eigenvalue weighted by molar-refractivity contribution is -0.140. The molecule has 1 saturated heterocycles. The number of carbonyl (C=O) groups is 2. The number of rotatable bonds is 11. The molecule has 1 unspecified atom stereocenters. The lowest BCUT2D eigenvalue weighted by Gasteiger charge is -2.38. The Bertz CT molecular complexity index is 1490. The largest absolute Gasteiger partial charge is 0.462 e. The fraction of sp³-hybridized carbons (Fsp3) is 0.600. The number of benzene rings is 1. The number of hydrogen-bond donors (Lipinski definition) is 2. The van der Waals surface area contributed by atoms with Crippen molar-refractivity contribution in [3.8, 4) is 11.1 Å². The molecule has 14 heteroatoms. The Kier molecular flexibility index (Phi) is 13.6. The number of amidine groups is 1. The first kappa shape index (κ1) is 38.3. The molecule has 0 aliphatic carbocycles. The average molecular weight is 704 g/mol. The van der Waals surface area contributed by atoms with Crippen LogP contribution in [0.4, 0.5) is 14.5 Å². The van der Waals surface area contributed by atoms with E-state index in [4.69, 9.17) is 4.74 Å². The normalized spacial score (nSPS) is 18.6. The Labute approximate surface area is 292 Å². The lowest BCUT2D eigenvalue weighted by atomic mass is 9.92. The highest BCUT2D eigenvalue weighted by Crippen LogP contribution is 2.39. The number of ether oxygens (including phenoxy) is 2. The molecule has 1 aromatic heterocycles.